The largest absolute Gasteiger partial charge is 0.497 e. The average Bonchev–Trinajstić information content (AvgIpc) is 2.54. The quantitative estimate of drug-likeness (QED) is 0.682. The molecule has 6 heteroatoms. The lowest BCUT2D eigenvalue weighted by Gasteiger charge is -2.06. The van der Waals surface area contributed by atoms with E-state index in [1.165, 1.54) is 31.5 Å². The predicted octanol–water partition coefficient (Wildman–Crippen LogP) is 2.61. The first-order valence-corrected chi connectivity index (χ1v) is 6.45. The fourth-order valence-electron chi connectivity index (χ4n) is 1.80. The van der Waals surface area contributed by atoms with Crippen molar-refractivity contribution in [1.82, 2.24) is 5.43 Å². The van der Waals surface area contributed by atoms with Gasteiger partial charge in [0.2, 0.25) is 0 Å². The topological polar surface area (TPSA) is 59.9 Å². The highest BCUT2D eigenvalue weighted by molar-refractivity contribution is 5.95. The fourth-order valence-corrected chi connectivity index (χ4v) is 1.80. The summed E-state index contributed by atoms with van der Waals surface area (Å²) < 4.78 is 23.4. The van der Waals surface area contributed by atoms with Gasteiger partial charge in [0, 0.05) is 11.1 Å². The Labute approximate surface area is 127 Å². The third-order valence-electron chi connectivity index (χ3n) is 2.89. The molecule has 0 aliphatic rings. The molecule has 0 aliphatic carbocycles. The number of benzene rings is 2. The van der Waals surface area contributed by atoms with Crippen LogP contribution in [0.15, 0.2) is 47.6 Å². The molecule has 0 saturated carbocycles. The van der Waals surface area contributed by atoms with Crippen LogP contribution in [0.5, 0.6) is 11.5 Å². The van der Waals surface area contributed by atoms with Gasteiger partial charge >= 0.3 is 0 Å². The third kappa shape index (κ3) is 3.82. The minimum absolute atomic E-state index is 0.190. The van der Waals surface area contributed by atoms with E-state index >= 15 is 0 Å². The Balaban J connectivity index is 2.10. The molecule has 2 aromatic carbocycles. The summed E-state index contributed by atoms with van der Waals surface area (Å²) in [6.07, 6.45) is 1.43. The molecule has 0 fully saturated rings. The van der Waals surface area contributed by atoms with Crippen LogP contribution in [0.2, 0.25) is 0 Å². The van der Waals surface area contributed by atoms with Crippen molar-refractivity contribution >= 4 is 12.1 Å². The SMILES string of the molecule is COc1ccc(OC)c(C=NNC(=O)c2cccc(F)c2)c1. The molecule has 114 valence electrons. The van der Waals surface area contributed by atoms with Gasteiger partial charge in [-0.15, -0.1) is 0 Å². The number of nitrogens with one attached hydrogen (secondary N) is 1. The molecule has 0 bridgehead atoms. The Kier molecular flexibility index (Phi) is 5.08. The molecule has 0 atom stereocenters. The number of halogens is 1. The molecular formula is C16H15FN2O3. The van der Waals surface area contributed by atoms with Gasteiger partial charge in [0.05, 0.1) is 20.4 Å². The molecule has 0 unspecified atom stereocenters. The van der Waals surface area contributed by atoms with E-state index < -0.39 is 11.7 Å². The van der Waals surface area contributed by atoms with Gasteiger partial charge in [-0.1, -0.05) is 6.07 Å². The second kappa shape index (κ2) is 7.21. The Bertz CT molecular complexity index is 702. The lowest BCUT2D eigenvalue weighted by Crippen LogP contribution is -2.17. The van der Waals surface area contributed by atoms with E-state index in [1.54, 1.807) is 25.3 Å². The molecule has 5 nitrogen and oxygen atoms in total. The van der Waals surface area contributed by atoms with Crippen molar-refractivity contribution < 1.29 is 18.7 Å². The van der Waals surface area contributed by atoms with Crippen LogP contribution in [0.25, 0.3) is 0 Å². The van der Waals surface area contributed by atoms with Crippen molar-refractivity contribution in [2.75, 3.05) is 14.2 Å². The first-order valence-electron chi connectivity index (χ1n) is 6.45. The smallest absolute Gasteiger partial charge is 0.271 e. The first kappa shape index (κ1) is 15.5. The van der Waals surface area contributed by atoms with Gasteiger partial charge in [-0.2, -0.15) is 5.10 Å². The number of nitrogens with zero attached hydrogens (tertiary/aromatic N) is 1. The highest BCUT2D eigenvalue weighted by atomic mass is 19.1. The summed E-state index contributed by atoms with van der Waals surface area (Å²) in [7, 11) is 3.08. The van der Waals surface area contributed by atoms with Gasteiger partial charge in [-0.25, -0.2) is 9.82 Å². The highest BCUT2D eigenvalue weighted by Gasteiger charge is 2.06. The van der Waals surface area contributed by atoms with Crippen LogP contribution in [-0.2, 0) is 0 Å². The van der Waals surface area contributed by atoms with Crippen LogP contribution in [0.4, 0.5) is 4.39 Å². The summed E-state index contributed by atoms with van der Waals surface area (Å²) in [6, 6.07) is 10.6. The number of hydrogen-bond acceptors (Lipinski definition) is 4. The molecule has 0 spiro atoms. The molecule has 0 radical (unpaired) electrons. The van der Waals surface area contributed by atoms with E-state index in [4.69, 9.17) is 9.47 Å². The number of carbonyl (C=O) groups is 1. The molecule has 0 saturated heterocycles. The monoisotopic (exact) mass is 302 g/mol. The summed E-state index contributed by atoms with van der Waals surface area (Å²) in [5.74, 6) is 0.243. The zero-order chi connectivity index (χ0) is 15.9. The van der Waals surface area contributed by atoms with Gasteiger partial charge in [0.1, 0.15) is 17.3 Å². The van der Waals surface area contributed by atoms with Crippen LogP contribution in [0, 0.1) is 5.82 Å². The number of amides is 1. The molecule has 0 aliphatic heterocycles. The maximum absolute atomic E-state index is 13.0. The summed E-state index contributed by atoms with van der Waals surface area (Å²) in [6.45, 7) is 0. The lowest BCUT2D eigenvalue weighted by atomic mass is 10.2. The van der Waals surface area contributed by atoms with E-state index in [9.17, 15) is 9.18 Å². The van der Waals surface area contributed by atoms with Crippen molar-refractivity contribution in [2.24, 2.45) is 5.10 Å². The first-order chi connectivity index (χ1) is 10.6. The molecule has 0 heterocycles. The van der Waals surface area contributed by atoms with Crippen molar-refractivity contribution in [3.63, 3.8) is 0 Å². The normalized spacial score (nSPS) is 10.5. The van der Waals surface area contributed by atoms with Crippen molar-refractivity contribution in [2.45, 2.75) is 0 Å². The zero-order valence-electron chi connectivity index (χ0n) is 12.2. The van der Waals surface area contributed by atoms with Gasteiger partial charge < -0.3 is 9.47 Å². The van der Waals surface area contributed by atoms with Gasteiger partial charge in [-0.05, 0) is 36.4 Å². The maximum atomic E-state index is 13.0. The Hall–Kier alpha value is -2.89. The second-order valence-electron chi connectivity index (χ2n) is 4.32. The number of hydrazone groups is 1. The van der Waals surface area contributed by atoms with Crippen molar-refractivity contribution in [3.8, 4) is 11.5 Å². The van der Waals surface area contributed by atoms with E-state index in [1.807, 2.05) is 0 Å². The van der Waals surface area contributed by atoms with E-state index in [-0.39, 0.29) is 5.56 Å². The van der Waals surface area contributed by atoms with Crippen LogP contribution in [-0.4, -0.2) is 26.3 Å². The van der Waals surface area contributed by atoms with Crippen molar-refractivity contribution in [3.05, 3.63) is 59.4 Å². The van der Waals surface area contributed by atoms with Crippen LogP contribution in [0.1, 0.15) is 15.9 Å². The van der Waals surface area contributed by atoms with E-state index in [2.05, 4.69) is 10.5 Å². The lowest BCUT2D eigenvalue weighted by molar-refractivity contribution is 0.0954. The number of carbonyl (C=O) groups excluding carboxylic acids is 1. The second-order valence-corrected chi connectivity index (χ2v) is 4.32. The van der Waals surface area contributed by atoms with Crippen LogP contribution >= 0.6 is 0 Å². The van der Waals surface area contributed by atoms with E-state index in [0.29, 0.717) is 17.1 Å². The van der Waals surface area contributed by atoms with Crippen LogP contribution in [0.3, 0.4) is 0 Å². The number of rotatable bonds is 5. The standard InChI is InChI=1S/C16H15FN2O3/c1-21-14-6-7-15(22-2)12(9-14)10-18-19-16(20)11-4-3-5-13(17)8-11/h3-10H,1-2H3,(H,19,20). The summed E-state index contributed by atoms with van der Waals surface area (Å²) in [4.78, 5) is 11.8. The Morgan fingerprint density at radius 1 is 1.18 bits per heavy atom. The van der Waals surface area contributed by atoms with Gasteiger partial charge in [0.15, 0.2) is 0 Å². The number of ether oxygens (including phenoxy) is 2. The fraction of sp³-hybridized carbons (Fsp3) is 0.125. The predicted molar refractivity (Wildman–Crippen MR) is 81.0 cm³/mol. The van der Waals surface area contributed by atoms with Crippen molar-refractivity contribution in [1.29, 1.82) is 0 Å². The zero-order valence-corrected chi connectivity index (χ0v) is 12.2. The maximum Gasteiger partial charge on any atom is 0.271 e. The van der Waals surface area contributed by atoms with Gasteiger partial charge in [-0.3, -0.25) is 4.79 Å². The van der Waals surface area contributed by atoms with Gasteiger partial charge in [0.25, 0.3) is 5.91 Å². The third-order valence-corrected chi connectivity index (χ3v) is 2.89. The minimum atomic E-state index is -0.502. The molecule has 22 heavy (non-hydrogen) atoms. The molecule has 1 amide bonds. The average molecular weight is 302 g/mol. The van der Waals surface area contributed by atoms with E-state index in [0.717, 1.165) is 6.07 Å². The summed E-state index contributed by atoms with van der Waals surface area (Å²) in [5.41, 5.74) is 3.16. The summed E-state index contributed by atoms with van der Waals surface area (Å²) in [5, 5.41) is 3.85. The molecule has 2 rings (SSSR count). The minimum Gasteiger partial charge on any atom is -0.497 e. The summed E-state index contributed by atoms with van der Waals surface area (Å²) >= 11 is 0. The highest BCUT2D eigenvalue weighted by Crippen LogP contribution is 2.22. The number of methoxy groups -OCH3 is 2. The Morgan fingerprint density at radius 2 is 2.00 bits per heavy atom. The molecular weight excluding hydrogens is 287 g/mol. The number of hydrogen-bond donors (Lipinski definition) is 1. The van der Waals surface area contributed by atoms with Crippen LogP contribution < -0.4 is 14.9 Å². The molecule has 0 aromatic heterocycles. The molecule has 1 N–H and O–H groups in total. The Morgan fingerprint density at radius 3 is 2.68 bits per heavy atom. The molecule has 2 aromatic rings.